The number of ether oxygens (including phenoxy) is 1. The molecule has 0 bridgehead atoms. The van der Waals surface area contributed by atoms with Gasteiger partial charge < -0.3 is 15.6 Å². The van der Waals surface area contributed by atoms with Crippen molar-refractivity contribution in [2.75, 3.05) is 13.2 Å². The molecule has 3 N–H and O–H groups in total. The zero-order valence-corrected chi connectivity index (χ0v) is 9.05. The van der Waals surface area contributed by atoms with Gasteiger partial charge in [0.2, 0.25) is 0 Å². The van der Waals surface area contributed by atoms with E-state index in [4.69, 9.17) is 15.6 Å². The molecule has 2 heterocycles. The molecular weight excluding hydrogens is 214 g/mol. The minimum atomic E-state index is -0.392. The molecule has 1 atom stereocenters. The van der Waals surface area contributed by atoms with Crippen molar-refractivity contribution in [3.05, 3.63) is 21.4 Å². The third-order valence-corrected chi connectivity index (χ3v) is 3.74. The fourth-order valence-corrected chi connectivity index (χ4v) is 2.90. The Morgan fingerprint density at radius 2 is 2.53 bits per heavy atom. The summed E-state index contributed by atoms with van der Waals surface area (Å²) < 4.78 is 5.54. The highest BCUT2D eigenvalue weighted by Gasteiger charge is 2.24. The van der Waals surface area contributed by atoms with Crippen molar-refractivity contribution in [2.45, 2.75) is 18.9 Å². The molecule has 0 aromatic carbocycles. The molecule has 0 saturated carbocycles. The molecule has 2 rings (SSSR count). The predicted molar refractivity (Wildman–Crippen MR) is 56.9 cm³/mol. The van der Waals surface area contributed by atoms with Crippen LogP contribution in [0.3, 0.4) is 0 Å². The molecule has 4 nitrogen and oxygen atoms in total. The lowest BCUT2D eigenvalue weighted by Gasteiger charge is -2.22. The Labute approximate surface area is 91.7 Å². The third-order valence-electron chi connectivity index (χ3n) is 2.46. The van der Waals surface area contributed by atoms with Crippen molar-refractivity contribution in [1.82, 2.24) is 0 Å². The highest BCUT2D eigenvalue weighted by Crippen LogP contribution is 2.35. The number of fused-ring (bicyclic) bond motifs is 1. The van der Waals surface area contributed by atoms with Gasteiger partial charge in [-0.1, -0.05) is 0 Å². The second-order valence-electron chi connectivity index (χ2n) is 3.49. The summed E-state index contributed by atoms with van der Waals surface area (Å²) in [6, 6.07) is 1.84. The molecule has 5 heteroatoms. The van der Waals surface area contributed by atoms with E-state index < -0.39 is 5.91 Å². The first kappa shape index (κ1) is 10.6. The molecule has 0 radical (unpaired) electrons. The van der Waals surface area contributed by atoms with Crippen LogP contribution in [0.5, 0.6) is 0 Å². The predicted octanol–water partition coefficient (Wildman–Crippen LogP) is 0.843. The van der Waals surface area contributed by atoms with Gasteiger partial charge in [0.1, 0.15) is 0 Å². The lowest BCUT2D eigenvalue weighted by Crippen LogP contribution is -2.14. The van der Waals surface area contributed by atoms with Crippen molar-refractivity contribution >= 4 is 17.2 Å². The Balaban J connectivity index is 2.30. The summed E-state index contributed by atoms with van der Waals surface area (Å²) in [4.78, 5) is 12.6. The summed E-state index contributed by atoms with van der Waals surface area (Å²) in [5, 5.41) is 8.89. The Kier molecular flexibility index (Phi) is 3.04. The van der Waals surface area contributed by atoms with Crippen LogP contribution in [-0.2, 0) is 11.2 Å². The summed E-state index contributed by atoms with van der Waals surface area (Å²) in [5.41, 5.74) is 6.36. The Bertz CT molecular complexity index is 375. The van der Waals surface area contributed by atoms with Gasteiger partial charge in [-0.2, -0.15) is 0 Å². The van der Waals surface area contributed by atoms with Gasteiger partial charge in [-0.3, -0.25) is 4.79 Å². The molecule has 1 aliphatic rings. The van der Waals surface area contributed by atoms with Gasteiger partial charge in [-0.05, 0) is 18.1 Å². The largest absolute Gasteiger partial charge is 0.396 e. The molecule has 1 unspecified atom stereocenters. The Morgan fingerprint density at radius 3 is 3.20 bits per heavy atom. The minimum Gasteiger partial charge on any atom is -0.396 e. The second-order valence-corrected chi connectivity index (χ2v) is 4.57. The van der Waals surface area contributed by atoms with Crippen LogP contribution < -0.4 is 5.73 Å². The van der Waals surface area contributed by atoms with Crippen molar-refractivity contribution in [1.29, 1.82) is 0 Å². The number of rotatable bonds is 3. The molecule has 1 amide bonds. The van der Waals surface area contributed by atoms with Gasteiger partial charge in [0, 0.05) is 17.9 Å². The maximum atomic E-state index is 11.0. The monoisotopic (exact) mass is 227 g/mol. The highest BCUT2D eigenvalue weighted by molar-refractivity contribution is 7.14. The summed E-state index contributed by atoms with van der Waals surface area (Å²) in [6.45, 7) is 0.737. The standard InChI is InChI=1S/C10H13NO3S/c11-10(13)8-5-6-2-4-14-7(1-3-12)9(6)15-8/h5,7,12H,1-4H2,(H2,11,13). The Morgan fingerprint density at radius 1 is 1.73 bits per heavy atom. The summed E-state index contributed by atoms with van der Waals surface area (Å²) >= 11 is 1.38. The van der Waals surface area contributed by atoms with Crippen molar-refractivity contribution in [2.24, 2.45) is 5.73 Å². The third kappa shape index (κ3) is 2.04. The summed E-state index contributed by atoms with van der Waals surface area (Å²) in [6.07, 6.45) is 1.32. The SMILES string of the molecule is NC(=O)c1cc2c(s1)C(CCO)OCC2. The van der Waals surface area contributed by atoms with Crippen LogP contribution in [0.25, 0.3) is 0 Å². The molecule has 0 saturated heterocycles. The fourth-order valence-electron chi connectivity index (χ4n) is 1.75. The van der Waals surface area contributed by atoms with Gasteiger partial charge in [0.25, 0.3) is 5.91 Å². The van der Waals surface area contributed by atoms with E-state index in [1.165, 1.54) is 11.3 Å². The van der Waals surface area contributed by atoms with Crippen LogP contribution in [0, 0.1) is 0 Å². The molecular formula is C10H13NO3S. The fraction of sp³-hybridized carbons (Fsp3) is 0.500. The van der Waals surface area contributed by atoms with Crippen LogP contribution in [-0.4, -0.2) is 24.2 Å². The lowest BCUT2D eigenvalue weighted by atomic mass is 10.1. The van der Waals surface area contributed by atoms with E-state index in [0.29, 0.717) is 17.9 Å². The first-order chi connectivity index (χ1) is 7.22. The molecule has 1 aliphatic heterocycles. The van der Waals surface area contributed by atoms with E-state index in [0.717, 1.165) is 16.9 Å². The number of primary amides is 1. The average molecular weight is 227 g/mol. The minimum absolute atomic E-state index is 0.0724. The second kappa shape index (κ2) is 4.30. The number of amides is 1. The normalized spacial score (nSPS) is 19.9. The van der Waals surface area contributed by atoms with Gasteiger partial charge in [-0.25, -0.2) is 0 Å². The molecule has 1 aromatic rings. The quantitative estimate of drug-likeness (QED) is 0.803. The molecule has 0 spiro atoms. The summed E-state index contributed by atoms with van der Waals surface area (Å²) in [7, 11) is 0. The number of thiophene rings is 1. The molecule has 15 heavy (non-hydrogen) atoms. The smallest absolute Gasteiger partial charge is 0.258 e. The number of aliphatic hydroxyl groups is 1. The lowest BCUT2D eigenvalue weighted by molar-refractivity contribution is 0.0282. The van der Waals surface area contributed by atoms with E-state index in [9.17, 15) is 4.79 Å². The van der Waals surface area contributed by atoms with E-state index in [-0.39, 0.29) is 12.7 Å². The summed E-state index contributed by atoms with van der Waals surface area (Å²) in [5.74, 6) is -0.392. The maximum Gasteiger partial charge on any atom is 0.258 e. The topological polar surface area (TPSA) is 72.6 Å². The van der Waals surface area contributed by atoms with E-state index in [2.05, 4.69) is 0 Å². The highest BCUT2D eigenvalue weighted by atomic mass is 32.1. The number of nitrogens with two attached hydrogens (primary N) is 1. The van der Waals surface area contributed by atoms with Gasteiger partial charge >= 0.3 is 0 Å². The first-order valence-electron chi connectivity index (χ1n) is 4.87. The van der Waals surface area contributed by atoms with Crippen LogP contribution >= 0.6 is 11.3 Å². The molecule has 1 aromatic heterocycles. The number of carbonyl (C=O) groups excluding carboxylic acids is 1. The Hall–Kier alpha value is -0.910. The maximum absolute atomic E-state index is 11.0. The van der Waals surface area contributed by atoms with Gasteiger partial charge in [0.05, 0.1) is 17.6 Å². The number of carbonyl (C=O) groups is 1. The van der Waals surface area contributed by atoms with Crippen LogP contribution in [0.1, 0.15) is 32.6 Å². The van der Waals surface area contributed by atoms with E-state index >= 15 is 0 Å². The molecule has 82 valence electrons. The van der Waals surface area contributed by atoms with Crippen molar-refractivity contribution in [3.8, 4) is 0 Å². The number of hydrogen-bond acceptors (Lipinski definition) is 4. The van der Waals surface area contributed by atoms with Crippen LogP contribution in [0.4, 0.5) is 0 Å². The van der Waals surface area contributed by atoms with E-state index in [1.807, 2.05) is 6.07 Å². The molecule has 0 aliphatic carbocycles. The number of hydrogen-bond donors (Lipinski definition) is 2. The van der Waals surface area contributed by atoms with Gasteiger partial charge in [0.15, 0.2) is 0 Å². The molecule has 0 fully saturated rings. The van der Waals surface area contributed by atoms with E-state index in [1.54, 1.807) is 0 Å². The van der Waals surface area contributed by atoms with Crippen LogP contribution in [0.15, 0.2) is 6.07 Å². The number of aliphatic hydroxyl groups excluding tert-OH is 1. The zero-order valence-electron chi connectivity index (χ0n) is 8.23. The van der Waals surface area contributed by atoms with Crippen LogP contribution in [0.2, 0.25) is 0 Å². The average Bonchev–Trinajstić information content (AvgIpc) is 2.63. The first-order valence-corrected chi connectivity index (χ1v) is 5.69. The van der Waals surface area contributed by atoms with Crippen molar-refractivity contribution < 1.29 is 14.6 Å². The van der Waals surface area contributed by atoms with Crippen molar-refractivity contribution in [3.63, 3.8) is 0 Å². The zero-order chi connectivity index (χ0) is 10.8. The van der Waals surface area contributed by atoms with Gasteiger partial charge in [-0.15, -0.1) is 11.3 Å².